The van der Waals surface area contributed by atoms with Crippen LogP contribution in [0.4, 0.5) is 23.7 Å². The van der Waals surface area contributed by atoms with Crippen molar-refractivity contribution >= 4 is 11.8 Å². The smallest absolute Gasteiger partial charge is 0.416 e. The van der Waals surface area contributed by atoms with Crippen LogP contribution in [0, 0.1) is 13.8 Å². The molecule has 0 bridgehead atoms. The molecule has 1 amide bonds. The maximum absolute atomic E-state index is 12.9. The molecular weight excluding hydrogens is 337 g/mol. The van der Waals surface area contributed by atoms with Crippen LogP contribution in [0.2, 0.25) is 0 Å². The van der Waals surface area contributed by atoms with E-state index < -0.39 is 17.8 Å². The Balaban J connectivity index is 2.43. The van der Waals surface area contributed by atoms with Crippen LogP contribution in [0.25, 0.3) is 0 Å². The van der Waals surface area contributed by atoms with Crippen molar-refractivity contribution in [1.82, 2.24) is 4.98 Å². The van der Waals surface area contributed by atoms with Crippen LogP contribution in [-0.4, -0.2) is 23.3 Å². The minimum atomic E-state index is -4.55. The lowest BCUT2D eigenvalue weighted by Crippen LogP contribution is -2.29. The summed E-state index contributed by atoms with van der Waals surface area (Å²) in [5, 5.41) is 9.44. The van der Waals surface area contributed by atoms with Crippen LogP contribution in [0.5, 0.6) is 5.75 Å². The van der Waals surface area contributed by atoms with Crippen molar-refractivity contribution in [3.8, 4) is 5.75 Å². The second-order valence-electron chi connectivity index (χ2n) is 5.46. The maximum Gasteiger partial charge on any atom is 0.416 e. The Bertz CT molecular complexity index is 791. The molecule has 25 heavy (non-hydrogen) atoms. The molecule has 0 aliphatic carbocycles. The third-order valence-electron chi connectivity index (χ3n) is 3.77. The summed E-state index contributed by atoms with van der Waals surface area (Å²) in [5.41, 5.74) is 0.832. The summed E-state index contributed by atoms with van der Waals surface area (Å²) in [6.07, 6.45) is -4.39. The van der Waals surface area contributed by atoms with Crippen molar-refractivity contribution in [2.24, 2.45) is 0 Å². The molecule has 0 spiro atoms. The number of alkyl halides is 3. The van der Waals surface area contributed by atoms with E-state index in [1.807, 2.05) is 0 Å². The number of halogens is 3. The van der Waals surface area contributed by atoms with Crippen molar-refractivity contribution in [3.05, 3.63) is 52.8 Å². The van der Waals surface area contributed by atoms with Gasteiger partial charge in [-0.2, -0.15) is 13.2 Å². The number of benzene rings is 1. The number of carbonyl (C=O) groups is 1. The highest BCUT2D eigenvalue weighted by atomic mass is 19.4. The summed E-state index contributed by atoms with van der Waals surface area (Å²) in [6.45, 7) is 3.32. The topological polar surface area (TPSA) is 62.7 Å². The number of methoxy groups -OCH3 is 1. The molecule has 0 saturated carbocycles. The summed E-state index contributed by atoms with van der Waals surface area (Å²) in [7, 11) is 1.49. The second-order valence-corrected chi connectivity index (χ2v) is 5.46. The molecule has 1 N–H and O–H groups in total. The average Bonchev–Trinajstić information content (AvgIpc) is 2.53. The van der Waals surface area contributed by atoms with Crippen molar-refractivity contribution in [2.45, 2.75) is 26.6 Å². The van der Waals surface area contributed by atoms with E-state index in [4.69, 9.17) is 4.74 Å². The minimum absolute atomic E-state index is 0.0805. The fourth-order valence-electron chi connectivity index (χ4n) is 2.50. The lowest BCUT2D eigenvalue weighted by atomic mass is 10.1. The van der Waals surface area contributed by atoms with Crippen LogP contribution in [-0.2, 0) is 12.7 Å². The van der Waals surface area contributed by atoms with Crippen LogP contribution in [0.3, 0.4) is 0 Å². The Kier molecular flexibility index (Phi) is 5.20. The Morgan fingerprint density at radius 2 is 2.00 bits per heavy atom. The number of nitrogens with zero attached hydrogens (tertiary/aromatic N) is 2. The van der Waals surface area contributed by atoms with Gasteiger partial charge in [-0.05, 0) is 32.0 Å². The summed E-state index contributed by atoms with van der Waals surface area (Å²) >= 11 is 0. The molecule has 1 aromatic heterocycles. The molecule has 0 saturated heterocycles. The SMILES string of the molecule is COc1c(C)cnc(CN(C(=O)O)c2cccc(C(F)(F)F)c2)c1C. The lowest BCUT2D eigenvalue weighted by molar-refractivity contribution is -0.137. The molecule has 2 aromatic rings. The Morgan fingerprint density at radius 1 is 1.32 bits per heavy atom. The second kappa shape index (κ2) is 7.00. The zero-order chi connectivity index (χ0) is 18.8. The van der Waals surface area contributed by atoms with E-state index in [0.717, 1.165) is 22.6 Å². The summed E-state index contributed by atoms with van der Waals surface area (Å²) < 4.78 is 43.9. The highest BCUT2D eigenvalue weighted by molar-refractivity contribution is 5.86. The number of aromatic nitrogens is 1. The van der Waals surface area contributed by atoms with E-state index in [-0.39, 0.29) is 12.2 Å². The third-order valence-corrected chi connectivity index (χ3v) is 3.77. The predicted octanol–water partition coefficient (Wildman–Crippen LogP) is 4.41. The number of rotatable bonds is 4. The molecule has 2 rings (SSSR count). The molecule has 1 heterocycles. The van der Waals surface area contributed by atoms with Gasteiger partial charge in [-0.25, -0.2) is 4.79 Å². The first kappa shape index (κ1) is 18.6. The fourth-order valence-corrected chi connectivity index (χ4v) is 2.50. The van der Waals surface area contributed by atoms with Crippen LogP contribution in [0.15, 0.2) is 30.5 Å². The van der Waals surface area contributed by atoms with E-state index >= 15 is 0 Å². The number of anilines is 1. The number of ether oxygens (including phenoxy) is 1. The first-order valence-electron chi connectivity index (χ1n) is 7.32. The van der Waals surface area contributed by atoms with E-state index in [1.54, 1.807) is 13.8 Å². The van der Waals surface area contributed by atoms with Gasteiger partial charge in [0.15, 0.2) is 0 Å². The Morgan fingerprint density at radius 3 is 2.56 bits per heavy atom. The first-order valence-corrected chi connectivity index (χ1v) is 7.32. The zero-order valence-electron chi connectivity index (χ0n) is 13.9. The van der Waals surface area contributed by atoms with Crippen molar-refractivity contribution in [1.29, 1.82) is 0 Å². The van der Waals surface area contributed by atoms with Crippen molar-refractivity contribution in [2.75, 3.05) is 12.0 Å². The molecule has 0 aliphatic heterocycles. The summed E-state index contributed by atoms with van der Waals surface area (Å²) in [4.78, 5) is 16.6. The Labute approximate surface area is 142 Å². The van der Waals surface area contributed by atoms with Crippen LogP contribution >= 0.6 is 0 Å². The fraction of sp³-hybridized carbons (Fsp3) is 0.294. The lowest BCUT2D eigenvalue weighted by Gasteiger charge is -2.22. The van der Waals surface area contributed by atoms with Gasteiger partial charge < -0.3 is 9.84 Å². The van der Waals surface area contributed by atoms with Gasteiger partial charge in [0.2, 0.25) is 0 Å². The molecule has 0 atom stereocenters. The van der Waals surface area contributed by atoms with Gasteiger partial charge in [0.25, 0.3) is 0 Å². The highest BCUT2D eigenvalue weighted by Crippen LogP contribution is 2.32. The molecule has 0 aliphatic rings. The molecule has 134 valence electrons. The van der Waals surface area contributed by atoms with Crippen molar-refractivity contribution in [3.63, 3.8) is 0 Å². The van der Waals surface area contributed by atoms with Gasteiger partial charge in [0.1, 0.15) is 5.75 Å². The zero-order valence-corrected chi connectivity index (χ0v) is 13.9. The standard InChI is InChI=1S/C17H17F3N2O3/c1-10-8-21-14(11(2)15(10)25-3)9-22(16(23)24)13-6-4-5-12(7-13)17(18,19)20/h4-8H,9H2,1-3H3,(H,23,24). The highest BCUT2D eigenvalue weighted by Gasteiger charge is 2.31. The maximum atomic E-state index is 12.9. The van der Waals surface area contributed by atoms with Gasteiger partial charge >= 0.3 is 12.3 Å². The van der Waals surface area contributed by atoms with Gasteiger partial charge in [-0.3, -0.25) is 9.88 Å². The monoisotopic (exact) mass is 354 g/mol. The normalized spacial score (nSPS) is 11.3. The molecule has 0 radical (unpaired) electrons. The average molecular weight is 354 g/mol. The van der Waals surface area contributed by atoms with Gasteiger partial charge in [-0.1, -0.05) is 6.07 Å². The van der Waals surface area contributed by atoms with Gasteiger partial charge in [0.05, 0.1) is 24.9 Å². The molecular formula is C17H17F3N2O3. The number of carboxylic acid groups (broad SMARTS) is 1. The molecule has 0 unspecified atom stereocenters. The van der Waals surface area contributed by atoms with E-state index in [9.17, 15) is 23.1 Å². The largest absolute Gasteiger partial charge is 0.496 e. The third kappa shape index (κ3) is 4.01. The van der Waals surface area contributed by atoms with E-state index in [0.29, 0.717) is 17.0 Å². The minimum Gasteiger partial charge on any atom is -0.496 e. The molecule has 1 aromatic carbocycles. The quantitative estimate of drug-likeness (QED) is 0.883. The van der Waals surface area contributed by atoms with Crippen molar-refractivity contribution < 1.29 is 27.8 Å². The van der Waals surface area contributed by atoms with E-state index in [2.05, 4.69) is 4.98 Å². The number of pyridine rings is 1. The van der Waals surface area contributed by atoms with Crippen LogP contribution in [0.1, 0.15) is 22.4 Å². The number of hydrogen-bond acceptors (Lipinski definition) is 3. The molecule has 0 fully saturated rings. The van der Waals surface area contributed by atoms with Crippen LogP contribution < -0.4 is 9.64 Å². The summed E-state index contributed by atoms with van der Waals surface area (Å²) in [6, 6.07) is 4.17. The number of amides is 1. The molecule has 5 nitrogen and oxygen atoms in total. The first-order chi connectivity index (χ1) is 11.6. The Hall–Kier alpha value is -2.77. The van der Waals surface area contributed by atoms with Gasteiger partial charge in [-0.15, -0.1) is 0 Å². The summed E-state index contributed by atoms with van der Waals surface area (Å²) in [5.74, 6) is 0.569. The van der Waals surface area contributed by atoms with E-state index in [1.165, 1.54) is 25.4 Å². The number of hydrogen-bond donors (Lipinski definition) is 1. The number of aryl methyl sites for hydroxylation is 1. The van der Waals surface area contributed by atoms with Gasteiger partial charge in [0, 0.05) is 23.0 Å². The molecule has 8 heteroatoms. The predicted molar refractivity (Wildman–Crippen MR) is 85.9 cm³/mol.